The molecule has 0 heterocycles. The molecule has 0 rings (SSSR count). The summed E-state index contributed by atoms with van der Waals surface area (Å²) in [5.74, 6) is 0. The molecule has 0 aromatic carbocycles. The van der Waals surface area contributed by atoms with Crippen molar-refractivity contribution in [2.45, 2.75) is 38.8 Å². The summed E-state index contributed by atoms with van der Waals surface area (Å²) < 4.78 is 0. The van der Waals surface area contributed by atoms with E-state index < -0.39 is 11.1 Å². The van der Waals surface area contributed by atoms with Crippen LogP contribution in [0, 0.1) is 0 Å². The molecule has 0 aliphatic carbocycles. The van der Waals surface area contributed by atoms with Gasteiger partial charge in [0.05, 0.1) is 23.5 Å². The van der Waals surface area contributed by atoms with E-state index >= 15 is 0 Å². The largest absolute Gasteiger partial charge is 0.411 e. The maximum atomic E-state index is 9.76. The van der Waals surface area contributed by atoms with Gasteiger partial charge in [0.25, 0.3) is 0 Å². The maximum Gasteiger partial charge on any atom is 0.0787 e. The highest BCUT2D eigenvalue weighted by Crippen LogP contribution is 2.12. The van der Waals surface area contributed by atoms with Crippen LogP contribution in [0.3, 0.4) is 0 Å². The van der Waals surface area contributed by atoms with E-state index in [1.807, 2.05) is 0 Å². The molecule has 0 aromatic rings. The third kappa shape index (κ3) is 4.96. The molecule has 0 saturated heterocycles. The molecule has 0 aliphatic heterocycles. The van der Waals surface area contributed by atoms with Crippen molar-refractivity contribution in [3.63, 3.8) is 0 Å². The molecule has 4 N–H and O–H groups in total. The molecular formula is C10H22N4O4. The summed E-state index contributed by atoms with van der Waals surface area (Å²) in [5.41, 5.74) is -1.71. The maximum absolute atomic E-state index is 9.76. The number of hydrogen-bond acceptors (Lipinski definition) is 8. The minimum absolute atomic E-state index is 0.109. The van der Waals surface area contributed by atoms with Crippen LogP contribution in [0.2, 0.25) is 0 Å². The van der Waals surface area contributed by atoms with E-state index in [1.54, 1.807) is 27.7 Å². The monoisotopic (exact) mass is 262 g/mol. The minimum Gasteiger partial charge on any atom is -0.411 e. The van der Waals surface area contributed by atoms with Gasteiger partial charge in [0, 0.05) is 13.1 Å². The molecule has 18 heavy (non-hydrogen) atoms. The zero-order chi connectivity index (χ0) is 14.4. The van der Waals surface area contributed by atoms with E-state index in [1.165, 1.54) is 12.4 Å². The second-order valence-corrected chi connectivity index (χ2v) is 5.04. The fourth-order valence-corrected chi connectivity index (χ4v) is 1.18. The van der Waals surface area contributed by atoms with Gasteiger partial charge in [-0.2, -0.15) is 10.1 Å². The van der Waals surface area contributed by atoms with Crippen molar-refractivity contribution in [2.24, 2.45) is 10.3 Å². The lowest BCUT2D eigenvalue weighted by Gasteiger charge is -2.33. The van der Waals surface area contributed by atoms with Gasteiger partial charge in [0.1, 0.15) is 0 Å². The van der Waals surface area contributed by atoms with Crippen molar-refractivity contribution in [1.29, 1.82) is 0 Å². The van der Waals surface area contributed by atoms with E-state index in [0.29, 0.717) is 0 Å². The molecule has 0 saturated carbocycles. The number of nitrogens with zero attached hydrogens (tertiary/aromatic N) is 4. The first-order chi connectivity index (χ1) is 8.17. The van der Waals surface area contributed by atoms with Crippen molar-refractivity contribution < 1.29 is 20.8 Å². The van der Waals surface area contributed by atoms with Gasteiger partial charge in [0.15, 0.2) is 0 Å². The van der Waals surface area contributed by atoms with E-state index in [9.17, 15) is 10.4 Å². The smallest absolute Gasteiger partial charge is 0.0787 e. The Morgan fingerprint density at radius 1 is 0.833 bits per heavy atom. The Balaban J connectivity index is 4.42. The molecule has 0 fully saturated rings. The van der Waals surface area contributed by atoms with Crippen molar-refractivity contribution in [3.05, 3.63) is 0 Å². The molecule has 0 aromatic heterocycles. The summed E-state index contributed by atoms with van der Waals surface area (Å²) in [6, 6.07) is 0. The number of hydroxylamine groups is 4. The zero-order valence-corrected chi connectivity index (χ0v) is 11.1. The summed E-state index contributed by atoms with van der Waals surface area (Å²) in [6.45, 7) is 6.81. The summed E-state index contributed by atoms with van der Waals surface area (Å²) in [6.07, 6.45) is 2.35. The molecule has 0 atom stereocenters. The van der Waals surface area contributed by atoms with Crippen LogP contribution >= 0.6 is 0 Å². The van der Waals surface area contributed by atoms with Gasteiger partial charge in [0.2, 0.25) is 0 Å². The molecular weight excluding hydrogens is 240 g/mol. The molecule has 8 heteroatoms. The highest BCUT2D eigenvalue weighted by molar-refractivity contribution is 5.68. The molecule has 106 valence electrons. The number of hydrogen-bond donors (Lipinski definition) is 4. The standard InChI is InChI=1S/C10H22N4O4/c1-9(2,7-11-15)13(17)5-6-14(18)10(3,4)8-12-16/h7-8,15-18H,5-6H2,1-4H3/b11-7-,12-8+. The minimum atomic E-state index is -0.856. The fraction of sp³-hybridized carbons (Fsp3) is 0.800. The highest BCUT2D eigenvalue weighted by atomic mass is 16.5. The molecule has 0 aliphatic rings. The third-order valence-corrected chi connectivity index (χ3v) is 2.60. The summed E-state index contributed by atoms with van der Waals surface area (Å²) >= 11 is 0. The molecule has 0 bridgehead atoms. The lowest BCUT2D eigenvalue weighted by atomic mass is 10.1. The van der Waals surface area contributed by atoms with Crippen LogP contribution < -0.4 is 0 Å². The highest BCUT2D eigenvalue weighted by Gasteiger charge is 2.28. The first-order valence-corrected chi connectivity index (χ1v) is 5.47. The predicted molar refractivity (Wildman–Crippen MR) is 65.7 cm³/mol. The number of rotatable bonds is 7. The molecule has 0 amide bonds. The second kappa shape index (κ2) is 6.64. The predicted octanol–water partition coefficient (Wildman–Crippen LogP) is 0.846. The Bertz CT molecular complexity index is 274. The average Bonchev–Trinajstić information content (AvgIpc) is 2.24. The van der Waals surface area contributed by atoms with Crippen LogP contribution in [0.1, 0.15) is 27.7 Å². The quantitative estimate of drug-likeness (QED) is 0.307. The van der Waals surface area contributed by atoms with Gasteiger partial charge in [-0.1, -0.05) is 0 Å². The summed E-state index contributed by atoms with van der Waals surface area (Å²) in [4.78, 5) is 0. The summed E-state index contributed by atoms with van der Waals surface area (Å²) in [5, 5.41) is 44.1. The Labute approximate surface area is 106 Å². The van der Waals surface area contributed by atoms with E-state index in [0.717, 1.165) is 10.1 Å². The lowest BCUT2D eigenvalue weighted by Crippen LogP contribution is -2.50. The number of oxime groups is 2. The topological polar surface area (TPSA) is 112 Å². The van der Waals surface area contributed by atoms with E-state index in [-0.39, 0.29) is 13.1 Å². The molecule has 8 nitrogen and oxygen atoms in total. The molecule has 0 radical (unpaired) electrons. The molecule has 0 spiro atoms. The van der Waals surface area contributed by atoms with Crippen LogP contribution in [0.15, 0.2) is 10.3 Å². The summed E-state index contributed by atoms with van der Waals surface area (Å²) in [7, 11) is 0. The van der Waals surface area contributed by atoms with Crippen LogP contribution in [-0.2, 0) is 0 Å². The van der Waals surface area contributed by atoms with Crippen molar-refractivity contribution >= 4 is 12.4 Å². The van der Waals surface area contributed by atoms with Crippen LogP contribution in [0.25, 0.3) is 0 Å². The van der Waals surface area contributed by atoms with Crippen molar-refractivity contribution in [1.82, 2.24) is 10.1 Å². The second-order valence-electron chi connectivity index (χ2n) is 5.04. The van der Waals surface area contributed by atoms with Gasteiger partial charge < -0.3 is 20.8 Å². The SMILES string of the molecule is CC(C)(/C=N\O)N(O)CCN(O)C(C)(C)/C=N/O. The lowest BCUT2D eigenvalue weighted by molar-refractivity contribution is -0.181. The Hall–Kier alpha value is -1.22. The normalized spacial score (nSPS) is 14.4. The van der Waals surface area contributed by atoms with Gasteiger partial charge in [-0.15, -0.1) is 10.3 Å². The van der Waals surface area contributed by atoms with Crippen molar-refractivity contribution in [3.8, 4) is 0 Å². The molecule has 0 unspecified atom stereocenters. The third-order valence-electron chi connectivity index (χ3n) is 2.60. The van der Waals surface area contributed by atoms with E-state index in [4.69, 9.17) is 10.4 Å². The van der Waals surface area contributed by atoms with Gasteiger partial charge >= 0.3 is 0 Å². The van der Waals surface area contributed by atoms with Gasteiger partial charge in [-0.25, -0.2) is 0 Å². The van der Waals surface area contributed by atoms with Crippen LogP contribution in [0.4, 0.5) is 0 Å². The van der Waals surface area contributed by atoms with Crippen molar-refractivity contribution in [2.75, 3.05) is 13.1 Å². The fourth-order valence-electron chi connectivity index (χ4n) is 1.18. The van der Waals surface area contributed by atoms with Gasteiger partial charge in [-0.3, -0.25) is 0 Å². The Morgan fingerprint density at radius 3 is 1.33 bits per heavy atom. The van der Waals surface area contributed by atoms with Crippen LogP contribution in [0.5, 0.6) is 0 Å². The van der Waals surface area contributed by atoms with E-state index in [2.05, 4.69) is 10.3 Å². The Morgan fingerprint density at radius 2 is 1.11 bits per heavy atom. The van der Waals surface area contributed by atoms with Crippen LogP contribution in [-0.4, -0.2) is 67.6 Å². The first kappa shape index (κ1) is 16.8. The van der Waals surface area contributed by atoms with Gasteiger partial charge in [-0.05, 0) is 27.7 Å². The average molecular weight is 262 g/mol. The zero-order valence-electron chi connectivity index (χ0n) is 11.1. The Kier molecular flexibility index (Phi) is 6.19. The first-order valence-electron chi connectivity index (χ1n) is 5.47.